The van der Waals surface area contributed by atoms with E-state index in [2.05, 4.69) is 41.5 Å². The zero-order chi connectivity index (χ0) is 14.4. The van der Waals surface area contributed by atoms with Gasteiger partial charge in [-0.3, -0.25) is 0 Å². The average Bonchev–Trinajstić information content (AvgIpc) is 2.45. The Morgan fingerprint density at radius 1 is 0.526 bits per heavy atom. The van der Waals surface area contributed by atoms with Gasteiger partial charge < -0.3 is 4.74 Å². The molecule has 0 unspecified atom stereocenters. The first-order valence-corrected chi connectivity index (χ1v) is 8.00. The molecular formula is C18H30O. The molecule has 1 aromatic carbocycles. The highest BCUT2D eigenvalue weighted by Crippen LogP contribution is 2.36. The van der Waals surface area contributed by atoms with E-state index in [9.17, 15) is 0 Å². The van der Waals surface area contributed by atoms with E-state index in [-0.39, 0.29) is 0 Å². The van der Waals surface area contributed by atoms with Crippen LogP contribution in [0.3, 0.4) is 0 Å². The Kier molecular flexibility index (Phi) is 6.41. The van der Waals surface area contributed by atoms with Crippen LogP contribution < -0.4 is 4.74 Å². The van der Waals surface area contributed by atoms with Crippen LogP contribution in [0.25, 0.3) is 0 Å². The van der Waals surface area contributed by atoms with Gasteiger partial charge in [0.05, 0.1) is 6.61 Å². The predicted octanol–water partition coefficient (Wildman–Crippen LogP) is 4.90. The average molecular weight is 262 g/mol. The normalized spacial score (nSPS) is 10.8. The fourth-order valence-corrected chi connectivity index (χ4v) is 3.35. The third-order valence-electron chi connectivity index (χ3n) is 4.06. The zero-order valence-corrected chi connectivity index (χ0v) is 13.7. The SMILES string of the molecule is CCOc1c(CC)c(CC)c(CC)c(CC)c1CC. The van der Waals surface area contributed by atoms with Gasteiger partial charge in [-0.2, -0.15) is 0 Å². The molecule has 1 aromatic rings. The maximum absolute atomic E-state index is 6.03. The molecule has 0 atom stereocenters. The van der Waals surface area contributed by atoms with E-state index in [0.717, 1.165) is 38.7 Å². The predicted molar refractivity (Wildman–Crippen MR) is 84.5 cm³/mol. The van der Waals surface area contributed by atoms with E-state index >= 15 is 0 Å². The van der Waals surface area contributed by atoms with Crippen molar-refractivity contribution in [2.75, 3.05) is 6.61 Å². The third kappa shape index (κ3) is 2.96. The van der Waals surface area contributed by atoms with Gasteiger partial charge >= 0.3 is 0 Å². The van der Waals surface area contributed by atoms with Gasteiger partial charge in [0, 0.05) is 0 Å². The van der Waals surface area contributed by atoms with Crippen LogP contribution in [0.15, 0.2) is 0 Å². The molecule has 0 N–H and O–H groups in total. The highest BCUT2D eigenvalue weighted by atomic mass is 16.5. The van der Waals surface area contributed by atoms with Crippen molar-refractivity contribution in [2.24, 2.45) is 0 Å². The summed E-state index contributed by atoms with van der Waals surface area (Å²) in [5.74, 6) is 1.19. The van der Waals surface area contributed by atoms with Gasteiger partial charge in [0.2, 0.25) is 0 Å². The molecule has 0 aliphatic heterocycles. The fraction of sp³-hybridized carbons (Fsp3) is 0.667. The summed E-state index contributed by atoms with van der Waals surface area (Å²) in [7, 11) is 0. The minimum absolute atomic E-state index is 0.762. The van der Waals surface area contributed by atoms with Crippen LogP contribution in [0, 0.1) is 0 Å². The van der Waals surface area contributed by atoms with Gasteiger partial charge in [-0.1, -0.05) is 34.6 Å². The quantitative estimate of drug-likeness (QED) is 0.679. The Labute approximate surface area is 119 Å². The van der Waals surface area contributed by atoms with Crippen molar-refractivity contribution >= 4 is 0 Å². The molecule has 0 radical (unpaired) electrons. The standard InChI is InChI=1S/C18H30O/c1-7-13-14(8-2)16(10-4)18(19-12-6)17(11-5)15(13)9-3/h7-12H2,1-6H3. The molecule has 0 saturated heterocycles. The molecule has 0 aromatic heterocycles. The second kappa shape index (κ2) is 7.57. The van der Waals surface area contributed by atoms with Crippen LogP contribution in [0.4, 0.5) is 0 Å². The second-order valence-corrected chi connectivity index (χ2v) is 4.92. The number of hydrogen-bond donors (Lipinski definition) is 0. The maximum Gasteiger partial charge on any atom is 0.126 e. The Morgan fingerprint density at radius 2 is 0.842 bits per heavy atom. The second-order valence-electron chi connectivity index (χ2n) is 4.92. The van der Waals surface area contributed by atoms with Crippen molar-refractivity contribution in [3.05, 3.63) is 27.8 Å². The Balaban J connectivity index is 3.68. The Morgan fingerprint density at radius 3 is 1.11 bits per heavy atom. The monoisotopic (exact) mass is 262 g/mol. The van der Waals surface area contributed by atoms with E-state index < -0.39 is 0 Å². The van der Waals surface area contributed by atoms with Crippen LogP contribution in [0.2, 0.25) is 0 Å². The molecule has 0 bridgehead atoms. The Hall–Kier alpha value is -0.980. The van der Waals surface area contributed by atoms with Crippen molar-refractivity contribution in [3.63, 3.8) is 0 Å². The maximum atomic E-state index is 6.03. The molecule has 1 nitrogen and oxygen atoms in total. The van der Waals surface area contributed by atoms with Crippen molar-refractivity contribution in [2.45, 2.75) is 73.6 Å². The smallest absolute Gasteiger partial charge is 0.126 e. The van der Waals surface area contributed by atoms with Gasteiger partial charge in [-0.25, -0.2) is 0 Å². The van der Waals surface area contributed by atoms with E-state index in [4.69, 9.17) is 4.74 Å². The summed E-state index contributed by atoms with van der Waals surface area (Å²) in [6.07, 6.45) is 5.51. The molecule has 1 heteroatoms. The summed E-state index contributed by atoms with van der Waals surface area (Å²) >= 11 is 0. The van der Waals surface area contributed by atoms with E-state index in [1.54, 1.807) is 16.7 Å². The first kappa shape index (κ1) is 16.1. The summed E-state index contributed by atoms with van der Waals surface area (Å²) < 4.78 is 6.03. The summed E-state index contributed by atoms with van der Waals surface area (Å²) in [4.78, 5) is 0. The van der Waals surface area contributed by atoms with Gasteiger partial charge in [0.25, 0.3) is 0 Å². The summed E-state index contributed by atoms with van der Waals surface area (Å²) in [6, 6.07) is 0. The van der Waals surface area contributed by atoms with Gasteiger partial charge in [-0.15, -0.1) is 0 Å². The summed E-state index contributed by atoms with van der Waals surface area (Å²) in [6.45, 7) is 14.2. The molecule has 0 aliphatic rings. The fourth-order valence-electron chi connectivity index (χ4n) is 3.35. The van der Waals surface area contributed by atoms with Crippen LogP contribution in [0.1, 0.15) is 69.4 Å². The lowest BCUT2D eigenvalue weighted by molar-refractivity contribution is 0.332. The van der Waals surface area contributed by atoms with Crippen molar-refractivity contribution in [1.29, 1.82) is 0 Å². The lowest BCUT2D eigenvalue weighted by atomic mass is 9.85. The molecule has 0 saturated carbocycles. The highest BCUT2D eigenvalue weighted by Gasteiger charge is 2.20. The van der Waals surface area contributed by atoms with E-state index in [1.165, 1.54) is 16.9 Å². The number of ether oxygens (including phenoxy) is 1. The Bertz CT molecular complexity index is 385. The van der Waals surface area contributed by atoms with Crippen molar-refractivity contribution in [3.8, 4) is 5.75 Å². The molecule has 108 valence electrons. The summed E-state index contributed by atoms with van der Waals surface area (Å²) in [5, 5.41) is 0. The molecule has 0 spiro atoms. The van der Waals surface area contributed by atoms with Crippen LogP contribution >= 0.6 is 0 Å². The van der Waals surface area contributed by atoms with Crippen LogP contribution in [-0.2, 0) is 32.1 Å². The molecule has 0 aliphatic carbocycles. The number of rotatable bonds is 7. The first-order valence-electron chi connectivity index (χ1n) is 8.00. The minimum atomic E-state index is 0.762. The van der Waals surface area contributed by atoms with Gasteiger partial charge in [0.1, 0.15) is 5.75 Å². The third-order valence-corrected chi connectivity index (χ3v) is 4.06. The highest BCUT2D eigenvalue weighted by molar-refractivity contribution is 5.56. The van der Waals surface area contributed by atoms with E-state index in [0.29, 0.717) is 0 Å². The number of hydrogen-bond acceptors (Lipinski definition) is 1. The van der Waals surface area contributed by atoms with E-state index in [1.807, 2.05) is 0 Å². The lowest BCUT2D eigenvalue weighted by Gasteiger charge is -2.24. The lowest BCUT2D eigenvalue weighted by Crippen LogP contribution is -2.11. The largest absolute Gasteiger partial charge is 0.493 e. The number of benzene rings is 1. The summed E-state index contributed by atoms with van der Waals surface area (Å²) in [5.41, 5.74) is 7.58. The molecule has 19 heavy (non-hydrogen) atoms. The minimum Gasteiger partial charge on any atom is -0.493 e. The molecule has 0 amide bonds. The molecule has 0 heterocycles. The van der Waals surface area contributed by atoms with Gasteiger partial charge in [0.15, 0.2) is 0 Å². The van der Waals surface area contributed by atoms with Crippen molar-refractivity contribution in [1.82, 2.24) is 0 Å². The zero-order valence-electron chi connectivity index (χ0n) is 13.7. The van der Waals surface area contributed by atoms with Crippen LogP contribution in [-0.4, -0.2) is 6.61 Å². The molecule has 1 rings (SSSR count). The van der Waals surface area contributed by atoms with Gasteiger partial charge in [-0.05, 0) is 66.8 Å². The molecule has 0 fully saturated rings. The topological polar surface area (TPSA) is 9.23 Å². The molecular weight excluding hydrogens is 232 g/mol. The van der Waals surface area contributed by atoms with Crippen LogP contribution in [0.5, 0.6) is 5.75 Å². The van der Waals surface area contributed by atoms with Crippen molar-refractivity contribution < 1.29 is 4.74 Å². The first-order chi connectivity index (χ1) is 9.19.